The summed E-state index contributed by atoms with van der Waals surface area (Å²) in [7, 11) is -1.37. The molecule has 0 heterocycles. The van der Waals surface area contributed by atoms with E-state index in [1.54, 1.807) is 23.7 Å². The van der Waals surface area contributed by atoms with Crippen LogP contribution in [0.25, 0.3) is 0 Å². The summed E-state index contributed by atoms with van der Waals surface area (Å²) in [5.74, 6) is 0.606. The molecule has 7 heteroatoms. The smallest absolute Gasteiger partial charge is 0.239 e. The van der Waals surface area contributed by atoms with Crippen LogP contribution in [0.5, 0.6) is 0 Å². The lowest BCUT2D eigenvalue weighted by Crippen LogP contribution is -2.43. The highest BCUT2D eigenvalue weighted by molar-refractivity contribution is 7.98. The van der Waals surface area contributed by atoms with Gasteiger partial charge in [-0.2, -0.15) is 11.8 Å². The van der Waals surface area contributed by atoms with Gasteiger partial charge in [0.25, 0.3) is 0 Å². The molecule has 5 nitrogen and oxygen atoms in total. The zero-order valence-corrected chi connectivity index (χ0v) is 11.6. The number of nitrogens with zero attached hydrogens (tertiary/aromatic N) is 1. The fourth-order valence-corrected chi connectivity index (χ4v) is 2.22. The van der Waals surface area contributed by atoms with Gasteiger partial charge in [0, 0.05) is 25.6 Å². The average Bonchev–Trinajstić information content (AvgIpc) is 2.20. The molecule has 0 aromatic heterocycles. The van der Waals surface area contributed by atoms with Gasteiger partial charge in [0.05, 0.1) is 11.8 Å². The van der Waals surface area contributed by atoms with Gasteiger partial charge >= 0.3 is 0 Å². The quantitative estimate of drug-likeness (QED) is 0.677. The molecule has 0 aliphatic carbocycles. The molecule has 2 N–H and O–H groups in total. The largest absolute Gasteiger partial charge is 0.344 e. The lowest BCUT2D eigenvalue weighted by atomic mass is 10.2. The normalized spacial score (nSPS) is 13.5. The van der Waals surface area contributed by atoms with Crippen molar-refractivity contribution in [3.05, 3.63) is 0 Å². The van der Waals surface area contributed by atoms with E-state index in [4.69, 9.17) is 5.73 Å². The van der Waals surface area contributed by atoms with Gasteiger partial charge in [-0.15, -0.1) is 0 Å². The van der Waals surface area contributed by atoms with Crippen molar-refractivity contribution < 1.29 is 13.2 Å². The van der Waals surface area contributed by atoms with E-state index in [0.717, 1.165) is 12.0 Å². The minimum Gasteiger partial charge on any atom is -0.344 e. The molecule has 0 spiro atoms. The molecule has 0 aliphatic rings. The van der Waals surface area contributed by atoms with E-state index in [1.807, 2.05) is 6.26 Å². The molecular formula is C9H20N2O3S2. The van der Waals surface area contributed by atoms with Crippen LogP contribution in [-0.4, -0.2) is 62.9 Å². The van der Waals surface area contributed by atoms with Crippen molar-refractivity contribution in [2.75, 3.05) is 37.6 Å². The number of rotatable bonds is 7. The molecule has 0 aliphatic heterocycles. The number of amides is 1. The molecule has 0 aromatic carbocycles. The van der Waals surface area contributed by atoms with E-state index in [2.05, 4.69) is 0 Å². The maximum Gasteiger partial charge on any atom is 0.239 e. The summed E-state index contributed by atoms with van der Waals surface area (Å²) in [6.07, 6.45) is 3.28. The third-order valence-electron chi connectivity index (χ3n) is 2.12. The Morgan fingerprint density at radius 3 is 2.50 bits per heavy atom. The summed E-state index contributed by atoms with van der Waals surface area (Å²) in [6, 6.07) is -0.721. The van der Waals surface area contributed by atoms with E-state index in [1.165, 1.54) is 0 Å². The molecule has 0 fully saturated rings. The summed E-state index contributed by atoms with van der Waals surface area (Å²) < 4.78 is 21.8. The molecule has 1 amide bonds. The Labute approximate surface area is 102 Å². The SMILES string of the molecule is CSCCN(C)C(=O)C(N)CCS(C)(=O)=O. The first-order valence-electron chi connectivity index (χ1n) is 4.95. The zero-order valence-electron chi connectivity index (χ0n) is 9.97. The molecule has 0 radical (unpaired) electrons. The van der Waals surface area contributed by atoms with E-state index in [0.29, 0.717) is 6.54 Å². The maximum atomic E-state index is 11.7. The fraction of sp³-hybridized carbons (Fsp3) is 0.889. The number of sulfone groups is 1. The second kappa shape index (κ2) is 7.13. The Bertz CT molecular complexity index is 317. The van der Waals surface area contributed by atoms with Gasteiger partial charge in [0.2, 0.25) is 5.91 Å². The first-order valence-corrected chi connectivity index (χ1v) is 8.40. The molecule has 0 bridgehead atoms. The standard InChI is InChI=1S/C9H20N2O3S2/c1-11(5-6-15-2)9(12)8(10)4-7-16(3,13)14/h8H,4-7,10H2,1-3H3. The van der Waals surface area contributed by atoms with Crippen LogP contribution in [0.1, 0.15) is 6.42 Å². The van der Waals surface area contributed by atoms with E-state index < -0.39 is 15.9 Å². The minimum atomic E-state index is -3.05. The van der Waals surface area contributed by atoms with Crippen molar-refractivity contribution in [2.45, 2.75) is 12.5 Å². The molecule has 16 heavy (non-hydrogen) atoms. The molecule has 96 valence electrons. The molecule has 0 aromatic rings. The van der Waals surface area contributed by atoms with Crippen LogP contribution >= 0.6 is 11.8 Å². The Balaban J connectivity index is 4.07. The first-order chi connectivity index (χ1) is 7.28. The number of carbonyl (C=O) groups is 1. The average molecular weight is 268 g/mol. The van der Waals surface area contributed by atoms with Crippen molar-refractivity contribution in [1.29, 1.82) is 0 Å². The van der Waals surface area contributed by atoms with Crippen molar-refractivity contribution in [3.63, 3.8) is 0 Å². The third-order valence-corrected chi connectivity index (χ3v) is 3.69. The summed E-state index contributed by atoms with van der Waals surface area (Å²) in [5, 5.41) is 0. The number of likely N-dealkylation sites (N-methyl/N-ethyl adjacent to an activating group) is 1. The Kier molecular flexibility index (Phi) is 7.01. The highest BCUT2D eigenvalue weighted by atomic mass is 32.2. The van der Waals surface area contributed by atoms with Crippen LogP contribution in [0, 0.1) is 0 Å². The highest BCUT2D eigenvalue weighted by Gasteiger charge is 2.19. The van der Waals surface area contributed by atoms with Crippen molar-refractivity contribution >= 4 is 27.5 Å². The lowest BCUT2D eigenvalue weighted by Gasteiger charge is -2.20. The molecule has 1 unspecified atom stereocenters. The van der Waals surface area contributed by atoms with Crippen molar-refractivity contribution in [3.8, 4) is 0 Å². The first kappa shape index (κ1) is 15.7. The fourth-order valence-electron chi connectivity index (χ4n) is 1.09. The summed E-state index contributed by atoms with van der Waals surface area (Å²) in [5.41, 5.74) is 5.63. The third kappa shape index (κ3) is 7.08. The molecular weight excluding hydrogens is 248 g/mol. The van der Waals surface area contributed by atoms with Gasteiger partial charge < -0.3 is 10.6 Å². The Morgan fingerprint density at radius 2 is 2.06 bits per heavy atom. The van der Waals surface area contributed by atoms with E-state index in [-0.39, 0.29) is 18.1 Å². The van der Waals surface area contributed by atoms with E-state index in [9.17, 15) is 13.2 Å². The van der Waals surface area contributed by atoms with Crippen LogP contribution in [0.4, 0.5) is 0 Å². The van der Waals surface area contributed by atoms with Gasteiger partial charge in [-0.3, -0.25) is 4.79 Å². The topological polar surface area (TPSA) is 80.5 Å². The van der Waals surface area contributed by atoms with Crippen LogP contribution in [0.2, 0.25) is 0 Å². The molecule has 0 saturated carbocycles. The number of hydrogen-bond donors (Lipinski definition) is 1. The van der Waals surface area contributed by atoms with Crippen molar-refractivity contribution in [1.82, 2.24) is 4.90 Å². The second-order valence-corrected chi connectivity index (χ2v) is 7.02. The predicted molar refractivity (Wildman–Crippen MR) is 68.3 cm³/mol. The van der Waals surface area contributed by atoms with Crippen LogP contribution in [-0.2, 0) is 14.6 Å². The van der Waals surface area contributed by atoms with Gasteiger partial charge in [-0.05, 0) is 12.7 Å². The Morgan fingerprint density at radius 1 is 1.50 bits per heavy atom. The second-order valence-electron chi connectivity index (χ2n) is 3.78. The number of nitrogens with two attached hydrogens (primary N) is 1. The van der Waals surface area contributed by atoms with Gasteiger partial charge in [0.15, 0.2) is 0 Å². The summed E-state index contributed by atoms with van der Waals surface area (Å²) in [4.78, 5) is 13.2. The molecule has 0 rings (SSSR count). The van der Waals surface area contributed by atoms with Crippen molar-refractivity contribution in [2.24, 2.45) is 5.73 Å². The number of thioether (sulfide) groups is 1. The number of hydrogen-bond acceptors (Lipinski definition) is 5. The number of carbonyl (C=O) groups excluding carboxylic acids is 1. The summed E-state index contributed by atoms with van der Waals surface area (Å²) >= 11 is 1.65. The highest BCUT2D eigenvalue weighted by Crippen LogP contribution is 2.00. The van der Waals surface area contributed by atoms with Gasteiger partial charge in [0.1, 0.15) is 9.84 Å². The van der Waals surface area contributed by atoms with Crippen LogP contribution in [0.15, 0.2) is 0 Å². The summed E-state index contributed by atoms with van der Waals surface area (Å²) in [6.45, 7) is 0.632. The van der Waals surface area contributed by atoms with Gasteiger partial charge in [-0.1, -0.05) is 0 Å². The zero-order chi connectivity index (χ0) is 12.8. The lowest BCUT2D eigenvalue weighted by molar-refractivity contribution is -0.131. The van der Waals surface area contributed by atoms with E-state index >= 15 is 0 Å². The van der Waals surface area contributed by atoms with Gasteiger partial charge in [-0.25, -0.2) is 8.42 Å². The Hall–Kier alpha value is -0.270. The molecule has 0 saturated heterocycles. The maximum absolute atomic E-state index is 11.7. The monoisotopic (exact) mass is 268 g/mol. The predicted octanol–water partition coefficient (Wildman–Crippen LogP) is -0.430. The molecule has 1 atom stereocenters. The van der Waals surface area contributed by atoms with Crippen LogP contribution in [0.3, 0.4) is 0 Å². The van der Waals surface area contributed by atoms with Crippen LogP contribution < -0.4 is 5.73 Å². The minimum absolute atomic E-state index is 0.0454.